The van der Waals surface area contributed by atoms with Crippen molar-refractivity contribution in [2.75, 3.05) is 10.6 Å². The highest BCUT2D eigenvalue weighted by atomic mass is 16.6. The van der Waals surface area contributed by atoms with Crippen LogP contribution in [0.15, 0.2) is 55.1 Å². The second-order valence-electron chi connectivity index (χ2n) is 9.61. The number of carbonyl (C=O) groups excluding carboxylic acids is 1. The van der Waals surface area contributed by atoms with Gasteiger partial charge in [0, 0.05) is 23.0 Å². The zero-order chi connectivity index (χ0) is 24.9. The molecule has 1 amide bonds. The summed E-state index contributed by atoms with van der Waals surface area (Å²) in [7, 11) is 0. The third-order valence-corrected chi connectivity index (χ3v) is 6.82. The molecule has 1 heterocycles. The first-order valence-corrected chi connectivity index (χ1v) is 12.5. The average Bonchev–Trinajstić information content (AvgIpc) is 3.58. The van der Waals surface area contributed by atoms with Crippen molar-refractivity contribution < 1.29 is 9.53 Å². The summed E-state index contributed by atoms with van der Waals surface area (Å²) in [6.45, 7) is 2.55. The fraction of sp³-hybridized carbons (Fsp3) is 0.357. The van der Waals surface area contributed by atoms with E-state index in [-0.39, 0.29) is 6.10 Å². The van der Waals surface area contributed by atoms with Gasteiger partial charge in [-0.1, -0.05) is 24.3 Å². The number of hydrogen-bond donors (Lipinski definition) is 2. The number of allylic oxidation sites excluding steroid dienone is 1. The van der Waals surface area contributed by atoms with E-state index in [1.165, 1.54) is 12.7 Å². The van der Waals surface area contributed by atoms with Crippen molar-refractivity contribution in [3.8, 4) is 6.07 Å². The molecule has 2 N–H and O–H groups in total. The molecular weight excluding hydrogens is 452 g/mol. The molecule has 1 unspecified atom stereocenters. The standard InChI is InChI=1S/C28H30N6O2/c1-19(22-8-9-22)36-28(35)33-25-10-5-20(6-11-25)13-23(15-29)26-12-7-21(16-34-18-30-17-31-34)14-27(26)32-24-3-2-4-24/h5-7,10-14,17-19,22,24,32H,2-4,8-9,16H2,1H3,(H,33,35)/b23-13+. The monoisotopic (exact) mass is 482 g/mol. The van der Waals surface area contributed by atoms with E-state index in [1.54, 1.807) is 11.0 Å². The van der Waals surface area contributed by atoms with Crippen molar-refractivity contribution in [3.05, 3.63) is 71.8 Å². The lowest BCUT2D eigenvalue weighted by atomic mass is 9.91. The molecule has 8 heteroatoms. The maximum absolute atomic E-state index is 12.1. The maximum Gasteiger partial charge on any atom is 0.411 e. The Morgan fingerprint density at radius 2 is 2.03 bits per heavy atom. The highest BCUT2D eigenvalue weighted by Gasteiger charge is 2.30. The highest BCUT2D eigenvalue weighted by molar-refractivity contribution is 5.94. The van der Waals surface area contributed by atoms with Crippen molar-refractivity contribution in [1.82, 2.24) is 14.8 Å². The smallest absolute Gasteiger partial charge is 0.411 e. The molecule has 0 radical (unpaired) electrons. The number of hydrogen-bond acceptors (Lipinski definition) is 6. The summed E-state index contributed by atoms with van der Waals surface area (Å²) < 4.78 is 7.21. The Morgan fingerprint density at radius 3 is 2.67 bits per heavy atom. The van der Waals surface area contributed by atoms with Gasteiger partial charge in [-0.3, -0.25) is 5.32 Å². The molecule has 2 fully saturated rings. The summed E-state index contributed by atoms with van der Waals surface area (Å²) in [6.07, 6.45) is 10.3. The highest BCUT2D eigenvalue weighted by Crippen LogP contribution is 2.34. The summed E-state index contributed by atoms with van der Waals surface area (Å²) in [6, 6.07) is 16.3. The van der Waals surface area contributed by atoms with Crippen molar-refractivity contribution in [1.29, 1.82) is 5.26 Å². The normalized spacial score (nSPS) is 16.5. The molecule has 36 heavy (non-hydrogen) atoms. The number of aromatic nitrogens is 3. The van der Waals surface area contributed by atoms with Gasteiger partial charge in [-0.05, 0) is 80.3 Å². The van der Waals surface area contributed by atoms with Gasteiger partial charge in [0.1, 0.15) is 18.8 Å². The number of rotatable bonds is 9. The number of carbonyl (C=O) groups is 1. The van der Waals surface area contributed by atoms with Gasteiger partial charge in [-0.2, -0.15) is 10.4 Å². The van der Waals surface area contributed by atoms with Gasteiger partial charge in [-0.15, -0.1) is 0 Å². The Hall–Kier alpha value is -4.12. The zero-order valence-corrected chi connectivity index (χ0v) is 20.4. The van der Waals surface area contributed by atoms with Crippen molar-refractivity contribution in [2.24, 2.45) is 5.92 Å². The lowest BCUT2D eigenvalue weighted by Crippen LogP contribution is -2.27. The Labute approximate surface area is 211 Å². The van der Waals surface area contributed by atoms with Crippen molar-refractivity contribution >= 4 is 29.1 Å². The van der Waals surface area contributed by atoms with Gasteiger partial charge in [0.05, 0.1) is 18.2 Å². The molecule has 0 saturated heterocycles. The molecule has 0 aliphatic heterocycles. The lowest BCUT2D eigenvalue weighted by Gasteiger charge is -2.29. The molecule has 1 atom stereocenters. The quantitative estimate of drug-likeness (QED) is 0.299. The fourth-order valence-corrected chi connectivity index (χ4v) is 4.30. The number of nitrogens with zero attached hydrogens (tertiary/aromatic N) is 4. The van der Waals surface area contributed by atoms with E-state index in [2.05, 4.69) is 32.9 Å². The summed E-state index contributed by atoms with van der Waals surface area (Å²) in [5, 5.41) is 20.6. The second-order valence-corrected chi connectivity index (χ2v) is 9.61. The van der Waals surface area contributed by atoms with Gasteiger partial charge in [0.15, 0.2) is 0 Å². The van der Waals surface area contributed by atoms with Crippen molar-refractivity contribution in [3.63, 3.8) is 0 Å². The largest absolute Gasteiger partial charge is 0.446 e. The van der Waals surface area contributed by atoms with Gasteiger partial charge < -0.3 is 10.1 Å². The number of nitriles is 1. The van der Waals surface area contributed by atoms with E-state index >= 15 is 0 Å². The number of amides is 1. The average molecular weight is 483 g/mol. The lowest BCUT2D eigenvalue weighted by molar-refractivity contribution is 0.108. The van der Waals surface area contributed by atoms with Crippen LogP contribution in [0.4, 0.5) is 16.2 Å². The van der Waals surface area contributed by atoms with Gasteiger partial charge in [-0.25, -0.2) is 14.5 Å². The molecule has 5 rings (SSSR count). The molecular formula is C28H30N6O2. The summed E-state index contributed by atoms with van der Waals surface area (Å²) in [5.41, 5.74) is 5.01. The van der Waals surface area contributed by atoms with Crippen LogP contribution in [0.2, 0.25) is 0 Å². The van der Waals surface area contributed by atoms with Crippen LogP contribution in [0.25, 0.3) is 11.6 Å². The molecule has 2 aliphatic rings. The third kappa shape index (κ3) is 5.92. The Kier molecular flexibility index (Phi) is 6.99. The minimum Gasteiger partial charge on any atom is -0.446 e. The molecule has 2 aliphatic carbocycles. The van der Waals surface area contributed by atoms with E-state index < -0.39 is 6.09 Å². The first-order valence-electron chi connectivity index (χ1n) is 12.5. The molecule has 1 aromatic heterocycles. The number of benzene rings is 2. The Morgan fingerprint density at radius 1 is 1.22 bits per heavy atom. The van der Waals surface area contributed by atoms with E-state index in [0.29, 0.717) is 29.8 Å². The van der Waals surface area contributed by atoms with E-state index in [4.69, 9.17) is 4.74 Å². The SMILES string of the molecule is CC(OC(=O)Nc1ccc(/C=C(\C#N)c2ccc(Cn3cncn3)cc2NC2CCC2)cc1)C1CC1. The topological polar surface area (TPSA) is 105 Å². The number of ether oxygens (including phenoxy) is 1. The predicted molar refractivity (Wildman–Crippen MR) is 139 cm³/mol. The Balaban J connectivity index is 1.32. The summed E-state index contributed by atoms with van der Waals surface area (Å²) in [4.78, 5) is 16.1. The fourth-order valence-electron chi connectivity index (χ4n) is 4.30. The molecule has 3 aromatic rings. The van der Waals surface area contributed by atoms with Crippen molar-refractivity contribution in [2.45, 2.75) is 57.7 Å². The first-order chi connectivity index (χ1) is 17.6. The van der Waals surface area contributed by atoms with Crippen LogP contribution in [0.3, 0.4) is 0 Å². The summed E-state index contributed by atoms with van der Waals surface area (Å²) in [5.74, 6) is 0.493. The summed E-state index contributed by atoms with van der Waals surface area (Å²) >= 11 is 0. The number of anilines is 2. The predicted octanol–water partition coefficient (Wildman–Crippen LogP) is 5.70. The van der Waals surface area contributed by atoms with Gasteiger partial charge in [0.25, 0.3) is 0 Å². The van der Waals surface area contributed by atoms with Crippen LogP contribution < -0.4 is 10.6 Å². The zero-order valence-electron chi connectivity index (χ0n) is 20.4. The molecule has 2 saturated carbocycles. The Bertz CT molecular complexity index is 1270. The molecule has 0 bridgehead atoms. The molecule has 0 spiro atoms. The molecule has 2 aromatic carbocycles. The maximum atomic E-state index is 12.1. The van der Waals surface area contributed by atoms with Crippen LogP contribution in [-0.4, -0.2) is 33.0 Å². The minimum atomic E-state index is -0.437. The second kappa shape index (κ2) is 10.6. The van der Waals surface area contributed by atoms with Crippen LogP contribution in [-0.2, 0) is 11.3 Å². The van der Waals surface area contributed by atoms with E-state index in [9.17, 15) is 10.1 Å². The van der Waals surface area contributed by atoms with Gasteiger partial charge >= 0.3 is 6.09 Å². The van der Waals surface area contributed by atoms with Gasteiger partial charge in [0.2, 0.25) is 0 Å². The van der Waals surface area contributed by atoms with Crippen LogP contribution >= 0.6 is 0 Å². The molecule has 8 nitrogen and oxygen atoms in total. The molecule has 184 valence electrons. The van der Waals surface area contributed by atoms with Crippen LogP contribution in [0.1, 0.15) is 55.7 Å². The van der Waals surface area contributed by atoms with Crippen LogP contribution in [0.5, 0.6) is 0 Å². The first kappa shape index (κ1) is 23.6. The third-order valence-electron chi connectivity index (χ3n) is 6.82. The minimum absolute atomic E-state index is 0.0595. The van der Waals surface area contributed by atoms with Crippen LogP contribution in [0, 0.1) is 17.2 Å². The van der Waals surface area contributed by atoms with E-state index in [1.807, 2.05) is 49.4 Å². The van der Waals surface area contributed by atoms with E-state index in [0.717, 1.165) is 48.1 Å². The number of nitrogens with one attached hydrogen (secondary N) is 2.